The van der Waals surface area contributed by atoms with Gasteiger partial charge in [-0.25, -0.2) is 9.79 Å². The van der Waals surface area contributed by atoms with Crippen LogP contribution >= 0.6 is 11.3 Å². The average Bonchev–Trinajstić information content (AvgIpc) is 3.14. The molecule has 2 heterocycles. The third-order valence-electron chi connectivity index (χ3n) is 5.31. The van der Waals surface area contributed by atoms with E-state index >= 15 is 0 Å². The summed E-state index contributed by atoms with van der Waals surface area (Å²) in [4.78, 5) is 42.7. The molecule has 0 aliphatic carbocycles. The Balaban J connectivity index is 1.83. The molecule has 1 unspecified atom stereocenters. The molecule has 1 aliphatic heterocycles. The number of allylic oxidation sites excluding steroid dienone is 2. The lowest BCUT2D eigenvalue weighted by molar-refractivity contribution is -0.139. The molecule has 4 rings (SSSR count). The molecule has 0 saturated carbocycles. The molecule has 0 saturated heterocycles. The van der Waals surface area contributed by atoms with Gasteiger partial charge < -0.3 is 9.47 Å². The molecule has 1 aromatic heterocycles. The monoisotopic (exact) mass is 488 g/mol. The van der Waals surface area contributed by atoms with Crippen LogP contribution in [0.2, 0.25) is 0 Å². The summed E-state index contributed by atoms with van der Waals surface area (Å²) in [5.41, 5.74) is 2.22. The highest BCUT2D eigenvalue weighted by atomic mass is 32.1. The Morgan fingerprint density at radius 3 is 2.49 bits per heavy atom. The quantitative estimate of drug-likeness (QED) is 0.392. The van der Waals surface area contributed by atoms with E-state index in [1.807, 2.05) is 42.5 Å². The van der Waals surface area contributed by atoms with Crippen LogP contribution in [0.1, 0.15) is 37.9 Å². The second-order valence-electron chi connectivity index (χ2n) is 7.76. The van der Waals surface area contributed by atoms with E-state index in [-0.39, 0.29) is 12.2 Å². The number of fused-ring (bicyclic) bond motifs is 1. The first-order valence-electron chi connectivity index (χ1n) is 11.1. The van der Waals surface area contributed by atoms with Gasteiger partial charge in [-0.15, -0.1) is 0 Å². The van der Waals surface area contributed by atoms with Crippen LogP contribution in [0.3, 0.4) is 0 Å². The fraction of sp³-hybridized carbons (Fsp3) is 0.185. The van der Waals surface area contributed by atoms with Crippen LogP contribution < -0.4 is 19.6 Å². The molecule has 3 aromatic rings. The Kier molecular flexibility index (Phi) is 7.22. The van der Waals surface area contributed by atoms with Crippen LogP contribution in [-0.2, 0) is 14.3 Å². The Morgan fingerprint density at radius 1 is 1.11 bits per heavy atom. The van der Waals surface area contributed by atoms with Gasteiger partial charge in [-0.05, 0) is 43.2 Å². The SMILES string of the molecule is CCOC(=O)C1=C(C)N=c2sc(=C/C=C/c3ccccc3)c(=O)n2C1c1ccc(OC(C)=O)cc1. The number of esters is 2. The summed E-state index contributed by atoms with van der Waals surface area (Å²) in [6.07, 6.45) is 5.49. The molecule has 0 N–H and O–H groups in total. The van der Waals surface area contributed by atoms with Crippen molar-refractivity contribution >= 4 is 35.4 Å². The maximum Gasteiger partial charge on any atom is 0.338 e. The van der Waals surface area contributed by atoms with Crippen molar-refractivity contribution in [2.75, 3.05) is 6.61 Å². The third-order valence-corrected chi connectivity index (χ3v) is 6.31. The van der Waals surface area contributed by atoms with Crippen LogP contribution in [0.5, 0.6) is 5.75 Å². The van der Waals surface area contributed by atoms with Crippen LogP contribution in [0.4, 0.5) is 0 Å². The lowest BCUT2D eigenvalue weighted by atomic mass is 9.96. The highest BCUT2D eigenvalue weighted by molar-refractivity contribution is 7.07. The Hall–Kier alpha value is -4.04. The lowest BCUT2D eigenvalue weighted by Crippen LogP contribution is -2.39. The molecule has 0 spiro atoms. The first kappa shape index (κ1) is 24.1. The predicted molar refractivity (Wildman–Crippen MR) is 135 cm³/mol. The minimum atomic E-state index is -0.725. The molecule has 0 radical (unpaired) electrons. The molecule has 0 fully saturated rings. The summed E-state index contributed by atoms with van der Waals surface area (Å²) in [7, 11) is 0. The van der Waals surface area contributed by atoms with Crippen molar-refractivity contribution in [1.29, 1.82) is 0 Å². The van der Waals surface area contributed by atoms with Gasteiger partial charge in [-0.3, -0.25) is 14.2 Å². The number of carbonyl (C=O) groups excluding carboxylic acids is 2. The van der Waals surface area contributed by atoms with E-state index in [0.29, 0.717) is 31.9 Å². The number of hydrogen-bond acceptors (Lipinski definition) is 7. The molecule has 7 nitrogen and oxygen atoms in total. The topological polar surface area (TPSA) is 87.0 Å². The number of aromatic nitrogens is 1. The Bertz CT molecular complexity index is 1500. The normalized spacial score (nSPS) is 15.6. The largest absolute Gasteiger partial charge is 0.463 e. The lowest BCUT2D eigenvalue weighted by Gasteiger charge is -2.24. The summed E-state index contributed by atoms with van der Waals surface area (Å²) >= 11 is 1.26. The highest BCUT2D eigenvalue weighted by Crippen LogP contribution is 2.31. The minimum Gasteiger partial charge on any atom is -0.463 e. The molecule has 0 amide bonds. The number of rotatable bonds is 6. The van der Waals surface area contributed by atoms with Gasteiger partial charge in [0.25, 0.3) is 5.56 Å². The molecule has 2 aromatic carbocycles. The van der Waals surface area contributed by atoms with Crippen LogP contribution in [0.15, 0.2) is 81.7 Å². The van der Waals surface area contributed by atoms with Gasteiger partial charge in [0.05, 0.1) is 28.5 Å². The van der Waals surface area contributed by atoms with Gasteiger partial charge in [-0.2, -0.15) is 0 Å². The first-order chi connectivity index (χ1) is 16.9. The molecule has 8 heteroatoms. The summed E-state index contributed by atoms with van der Waals surface area (Å²) in [6.45, 7) is 4.98. The zero-order valence-corrected chi connectivity index (χ0v) is 20.4. The maximum atomic E-state index is 13.5. The molecule has 1 atom stereocenters. The highest BCUT2D eigenvalue weighted by Gasteiger charge is 2.33. The van der Waals surface area contributed by atoms with Gasteiger partial charge in [0, 0.05) is 6.92 Å². The zero-order chi connectivity index (χ0) is 24.9. The summed E-state index contributed by atoms with van der Waals surface area (Å²) in [5, 5.41) is 0. The molecule has 1 aliphatic rings. The molecular weight excluding hydrogens is 464 g/mol. The van der Waals surface area contributed by atoms with E-state index in [9.17, 15) is 14.4 Å². The fourth-order valence-electron chi connectivity index (χ4n) is 3.82. The van der Waals surface area contributed by atoms with Crippen molar-refractivity contribution in [2.45, 2.75) is 26.8 Å². The first-order valence-corrected chi connectivity index (χ1v) is 11.9. The van der Waals surface area contributed by atoms with Crippen molar-refractivity contribution in [3.63, 3.8) is 0 Å². The van der Waals surface area contributed by atoms with E-state index in [2.05, 4.69) is 4.99 Å². The van der Waals surface area contributed by atoms with E-state index < -0.39 is 18.0 Å². The molecule has 178 valence electrons. The second kappa shape index (κ2) is 10.5. The number of nitrogens with zero attached hydrogens (tertiary/aromatic N) is 2. The number of benzene rings is 2. The standard InChI is InChI=1S/C27H24N2O5S/c1-4-33-26(32)23-17(2)28-27-29(24(23)20-13-15-21(16-14-20)34-18(3)30)25(31)22(35-27)12-8-11-19-9-6-5-7-10-19/h5-16,24H,4H2,1-3H3/b11-8+,22-12?. The van der Waals surface area contributed by atoms with Gasteiger partial charge in [0.2, 0.25) is 0 Å². The summed E-state index contributed by atoms with van der Waals surface area (Å²) in [6, 6.07) is 15.8. The van der Waals surface area contributed by atoms with E-state index in [0.717, 1.165) is 5.56 Å². The Labute approximate surface area is 206 Å². The Morgan fingerprint density at radius 2 is 1.83 bits per heavy atom. The number of ether oxygens (including phenoxy) is 2. The summed E-state index contributed by atoms with van der Waals surface area (Å²) < 4.78 is 12.4. The van der Waals surface area contributed by atoms with Crippen LogP contribution in [-0.4, -0.2) is 23.1 Å². The smallest absolute Gasteiger partial charge is 0.338 e. The van der Waals surface area contributed by atoms with Crippen molar-refractivity contribution in [3.05, 3.63) is 103 Å². The number of hydrogen-bond donors (Lipinski definition) is 0. The van der Waals surface area contributed by atoms with E-state index in [1.54, 1.807) is 44.2 Å². The van der Waals surface area contributed by atoms with Crippen LogP contribution in [0, 0.1) is 0 Å². The predicted octanol–water partition coefficient (Wildman–Crippen LogP) is 3.39. The second-order valence-corrected chi connectivity index (χ2v) is 8.77. The number of carbonyl (C=O) groups is 2. The van der Waals surface area contributed by atoms with E-state index in [4.69, 9.17) is 9.47 Å². The molecule has 0 bridgehead atoms. The maximum absolute atomic E-state index is 13.5. The van der Waals surface area contributed by atoms with Crippen LogP contribution in [0.25, 0.3) is 12.2 Å². The van der Waals surface area contributed by atoms with E-state index in [1.165, 1.54) is 22.8 Å². The van der Waals surface area contributed by atoms with Crippen molar-refractivity contribution in [3.8, 4) is 5.75 Å². The van der Waals surface area contributed by atoms with Gasteiger partial charge in [0.1, 0.15) is 5.75 Å². The van der Waals surface area contributed by atoms with Crippen molar-refractivity contribution in [2.24, 2.45) is 4.99 Å². The van der Waals surface area contributed by atoms with Gasteiger partial charge >= 0.3 is 11.9 Å². The summed E-state index contributed by atoms with van der Waals surface area (Å²) in [5.74, 6) is -0.587. The molecule has 35 heavy (non-hydrogen) atoms. The number of thiazole rings is 1. The minimum absolute atomic E-state index is 0.197. The zero-order valence-electron chi connectivity index (χ0n) is 19.6. The van der Waals surface area contributed by atoms with Gasteiger partial charge in [0.15, 0.2) is 4.80 Å². The third kappa shape index (κ3) is 5.22. The van der Waals surface area contributed by atoms with Crippen molar-refractivity contribution in [1.82, 2.24) is 4.57 Å². The fourth-order valence-corrected chi connectivity index (χ4v) is 4.81. The van der Waals surface area contributed by atoms with Gasteiger partial charge in [-0.1, -0.05) is 66.0 Å². The molecular formula is C27H24N2O5S. The average molecular weight is 489 g/mol. The van der Waals surface area contributed by atoms with Crippen molar-refractivity contribution < 1.29 is 19.1 Å².